The van der Waals surface area contributed by atoms with Crippen molar-refractivity contribution < 1.29 is 4.42 Å². The Hall–Kier alpha value is -1.70. The van der Waals surface area contributed by atoms with Crippen molar-refractivity contribution in [3.8, 4) is 0 Å². The number of aromatic nitrogens is 1. The molecule has 2 heteroatoms. The Morgan fingerprint density at radius 3 is 2.92 bits per heavy atom. The molecule has 0 spiro atoms. The molecule has 0 saturated heterocycles. The topological polar surface area (TPSA) is 28.9 Å². The van der Waals surface area contributed by atoms with Crippen LogP contribution in [-0.4, -0.2) is 4.98 Å². The third-order valence-electron chi connectivity index (χ3n) is 2.33. The van der Waals surface area contributed by atoms with Crippen LogP contribution in [0.4, 0.5) is 0 Å². The Morgan fingerprint density at radius 1 is 1.15 bits per heavy atom. The van der Waals surface area contributed by atoms with Crippen LogP contribution in [0.5, 0.6) is 0 Å². The molecule has 13 heavy (non-hydrogen) atoms. The Balaban J connectivity index is 2.64. The summed E-state index contributed by atoms with van der Waals surface area (Å²) in [4.78, 5) is 3.18. The van der Waals surface area contributed by atoms with Gasteiger partial charge >= 0.3 is 0 Å². The fourth-order valence-electron chi connectivity index (χ4n) is 1.75. The van der Waals surface area contributed by atoms with Gasteiger partial charge in [-0.2, -0.15) is 0 Å². The summed E-state index contributed by atoms with van der Waals surface area (Å²) in [5, 5.41) is 2.36. The maximum atomic E-state index is 5.61. The summed E-state index contributed by atoms with van der Waals surface area (Å²) in [6.45, 7) is 1.97. The van der Waals surface area contributed by atoms with Crippen LogP contribution in [0.25, 0.3) is 21.9 Å². The first-order valence-corrected chi connectivity index (χ1v) is 4.31. The predicted molar refractivity (Wildman–Crippen MR) is 52.8 cm³/mol. The van der Waals surface area contributed by atoms with E-state index in [1.54, 1.807) is 0 Å². The van der Waals surface area contributed by atoms with E-state index in [2.05, 4.69) is 23.2 Å². The first-order valence-electron chi connectivity index (χ1n) is 4.31. The molecule has 0 fully saturated rings. The number of aryl methyl sites for hydroxylation is 1. The second-order valence-corrected chi connectivity index (χ2v) is 3.28. The Morgan fingerprint density at radius 2 is 2.00 bits per heavy atom. The molecule has 0 amide bonds. The summed E-state index contributed by atoms with van der Waals surface area (Å²) >= 11 is 0. The molecule has 2 nitrogen and oxygen atoms in total. The molecule has 0 atom stereocenters. The fourth-order valence-corrected chi connectivity index (χ4v) is 1.75. The van der Waals surface area contributed by atoms with Gasteiger partial charge in [0, 0.05) is 17.0 Å². The van der Waals surface area contributed by atoms with Crippen LogP contribution in [-0.2, 0) is 0 Å². The lowest BCUT2D eigenvalue weighted by atomic mass is 10.2. The molecule has 3 aromatic rings. The molecule has 0 aliphatic carbocycles. The van der Waals surface area contributed by atoms with Crippen molar-refractivity contribution in [1.29, 1.82) is 0 Å². The van der Waals surface area contributed by atoms with E-state index in [-0.39, 0.29) is 0 Å². The zero-order valence-corrected chi connectivity index (χ0v) is 7.29. The number of rotatable bonds is 0. The molecule has 3 rings (SSSR count). The lowest BCUT2D eigenvalue weighted by molar-refractivity contribution is 0.581. The monoisotopic (exact) mass is 171 g/mol. The van der Waals surface area contributed by atoms with Crippen LogP contribution in [0.1, 0.15) is 5.76 Å². The van der Waals surface area contributed by atoms with Gasteiger partial charge in [-0.1, -0.05) is 12.1 Å². The number of aromatic amines is 1. The predicted octanol–water partition coefficient (Wildman–Crippen LogP) is 3.22. The highest BCUT2D eigenvalue weighted by atomic mass is 16.3. The van der Waals surface area contributed by atoms with Crippen LogP contribution in [0, 0.1) is 6.92 Å². The van der Waals surface area contributed by atoms with E-state index in [0.717, 1.165) is 22.2 Å². The van der Waals surface area contributed by atoms with Crippen LogP contribution in [0.15, 0.2) is 34.9 Å². The maximum absolute atomic E-state index is 5.61. The molecule has 2 heterocycles. The lowest BCUT2D eigenvalue weighted by Gasteiger charge is -1.90. The molecule has 1 N–H and O–H groups in total. The van der Waals surface area contributed by atoms with Crippen molar-refractivity contribution in [3.05, 3.63) is 36.2 Å². The number of hydrogen-bond acceptors (Lipinski definition) is 1. The maximum Gasteiger partial charge on any atom is 0.158 e. The van der Waals surface area contributed by atoms with Crippen LogP contribution >= 0.6 is 0 Å². The summed E-state index contributed by atoms with van der Waals surface area (Å²) in [5.41, 5.74) is 2.05. The van der Waals surface area contributed by atoms with Gasteiger partial charge in [0.15, 0.2) is 5.58 Å². The second kappa shape index (κ2) is 2.16. The minimum atomic E-state index is 0.956. The number of benzene rings is 1. The molecule has 0 unspecified atom stereocenters. The minimum Gasteiger partial charge on any atom is -0.459 e. The highest BCUT2D eigenvalue weighted by Crippen LogP contribution is 2.26. The molecule has 64 valence electrons. The van der Waals surface area contributed by atoms with Crippen molar-refractivity contribution >= 4 is 21.9 Å². The second-order valence-electron chi connectivity index (χ2n) is 3.28. The molecule has 0 aliphatic rings. The van der Waals surface area contributed by atoms with Crippen molar-refractivity contribution in [2.45, 2.75) is 6.92 Å². The quantitative estimate of drug-likeness (QED) is 0.552. The van der Waals surface area contributed by atoms with E-state index >= 15 is 0 Å². The van der Waals surface area contributed by atoms with Gasteiger partial charge in [0.2, 0.25) is 0 Å². The third kappa shape index (κ3) is 0.827. The lowest BCUT2D eigenvalue weighted by Crippen LogP contribution is -1.67. The van der Waals surface area contributed by atoms with E-state index in [1.165, 1.54) is 5.39 Å². The molecule has 2 aromatic heterocycles. The number of hydrogen-bond donors (Lipinski definition) is 1. The Labute approximate surface area is 75.2 Å². The first-order chi connectivity index (χ1) is 6.34. The zero-order chi connectivity index (χ0) is 8.84. The van der Waals surface area contributed by atoms with Crippen LogP contribution < -0.4 is 0 Å². The van der Waals surface area contributed by atoms with Crippen molar-refractivity contribution in [2.75, 3.05) is 0 Å². The summed E-state index contributed by atoms with van der Waals surface area (Å²) < 4.78 is 5.61. The standard InChI is InChI=1S/C11H9NO/c1-7-6-9-3-2-8-4-5-12-10(8)11(9)13-7/h2-6,12H,1H3. The van der Waals surface area contributed by atoms with Gasteiger partial charge in [-0.25, -0.2) is 0 Å². The average Bonchev–Trinajstić information content (AvgIpc) is 2.65. The van der Waals surface area contributed by atoms with Crippen LogP contribution in [0.3, 0.4) is 0 Å². The van der Waals surface area contributed by atoms with Crippen LogP contribution in [0.2, 0.25) is 0 Å². The largest absolute Gasteiger partial charge is 0.459 e. The van der Waals surface area contributed by atoms with Crippen molar-refractivity contribution in [3.63, 3.8) is 0 Å². The fraction of sp³-hybridized carbons (Fsp3) is 0.0909. The number of nitrogens with one attached hydrogen (secondary N) is 1. The van der Waals surface area contributed by atoms with Crippen molar-refractivity contribution in [1.82, 2.24) is 4.98 Å². The van der Waals surface area contributed by atoms with Gasteiger partial charge in [-0.05, 0) is 19.1 Å². The number of furan rings is 1. The van der Waals surface area contributed by atoms with Gasteiger partial charge < -0.3 is 9.40 Å². The molecule has 0 saturated carbocycles. The normalized spacial score (nSPS) is 11.5. The SMILES string of the molecule is Cc1cc2ccc3cc[nH]c3c2o1. The summed E-state index contributed by atoms with van der Waals surface area (Å²) in [7, 11) is 0. The molecular formula is C11H9NO. The molecule has 1 aromatic carbocycles. The third-order valence-corrected chi connectivity index (χ3v) is 2.33. The van der Waals surface area contributed by atoms with E-state index in [4.69, 9.17) is 4.42 Å². The average molecular weight is 171 g/mol. The van der Waals surface area contributed by atoms with Gasteiger partial charge in [0.1, 0.15) is 5.76 Å². The van der Waals surface area contributed by atoms with E-state index in [0.29, 0.717) is 0 Å². The Bertz CT molecular complexity index is 574. The number of fused-ring (bicyclic) bond motifs is 3. The highest BCUT2D eigenvalue weighted by molar-refractivity contribution is 6.02. The van der Waals surface area contributed by atoms with E-state index < -0.39 is 0 Å². The van der Waals surface area contributed by atoms with Gasteiger partial charge in [-0.15, -0.1) is 0 Å². The summed E-state index contributed by atoms with van der Waals surface area (Å²) in [5.74, 6) is 0.956. The smallest absolute Gasteiger partial charge is 0.158 e. The van der Waals surface area contributed by atoms with Gasteiger partial charge in [0.25, 0.3) is 0 Å². The Kier molecular flexibility index (Phi) is 1.13. The highest BCUT2D eigenvalue weighted by Gasteiger charge is 2.05. The van der Waals surface area contributed by atoms with E-state index in [9.17, 15) is 0 Å². The van der Waals surface area contributed by atoms with Crippen molar-refractivity contribution in [2.24, 2.45) is 0 Å². The van der Waals surface area contributed by atoms with Gasteiger partial charge in [0.05, 0.1) is 5.52 Å². The number of H-pyrrole nitrogens is 1. The van der Waals surface area contributed by atoms with Gasteiger partial charge in [-0.3, -0.25) is 0 Å². The molecular weight excluding hydrogens is 162 g/mol. The molecule has 0 radical (unpaired) electrons. The minimum absolute atomic E-state index is 0.956. The zero-order valence-electron chi connectivity index (χ0n) is 7.29. The molecule has 0 bridgehead atoms. The molecule has 0 aliphatic heterocycles. The summed E-state index contributed by atoms with van der Waals surface area (Å²) in [6.07, 6.45) is 1.93. The van der Waals surface area contributed by atoms with E-state index in [1.807, 2.05) is 19.2 Å². The summed E-state index contributed by atoms with van der Waals surface area (Å²) in [6, 6.07) is 8.29. The first kappa shape index (κ1) is 6.78.